The summed E-state index contributed by atoms with van der Waals surface area (Å²) in [4.78, 5) is 4.63. The molecule has 0 radical (unpaired) electrons. The lowest BCUT2D eigenvalue weighted by molar-refractivity contribution is 0.346. The summed E-state index contributed by atoms with van der Waals surface area (Å²) >= 11 is 19.8. The van der Waals surface area contributed by atoms with Crippen molar-refractivity contribution in [3.63, 3.8) is 0 Å². The first kappa shape index (κ1) is 16.9. The van der Waals surface area contributed by atoms with Gasteiger partial charge >= 0.3 is 0 Å². The summed E-state index contributed by atoms with van der Waals surface area (Å²) in [5, 5.41) is 10.3. The highest BCUT2D eigenvalue weighted by Crippen LogP contribution is 2.38. The van der Waals surface area contributed by atoms with Crippen LogP contribution in [0.2, 0.25) is 10.2 Å². The molecular formula is C11H10Cl2N2OS3. The number of ether oxygens (including phenoxy) is 1. The zero-order chi connectivity index (χ0) is 14.4. The molecule has 0 unspecified atom stereocenters. The molecule has 0 atom stereocenters. The van der Waals surface area contributed by atoms with Crippen LogP contribution in [-0.2, 0) is 4.74 Å². The second-order valence-corrected chi connectivity index (χ2v) is 6.66. The Bertz CT molecular complexity index is 532. The molecule has 1 rings (SSSR count). The van der Waals surface area contributed by atoms with E-state index in [-0.39, 0.29) is 15.1 Å². The average Bonchev–Trinajstić information content (AvgIpc) is 2.36. The summed E-state index contributed by atoms with van der Waals surface area (Å²) in [7, 11) is 0. The zero-order valence-corrected chi connectivity index (χ0v) is 14.2. The predicted octanol–water partition coefficient (Wildman–Crippen LogP) is 4.79. The molecule has 0 amide bonds. The molecular weight excluding hydrogens is 343 g/mol. The highest BCUT2D eigenvalue weighted by Gasteiger charge is 2.20. The molecule has 0 saturated carbocycles. The van der Waals surface area contributed by atoms with Crippen LogP contribution in [0.1, 0.15) is 19.4 Å². The number of rotatable bonds is 4. The Morgan fingerprint density at radius 2 is 2.16 bits per heavy atom. The van der Waals surface area contributed by atoms with Crippen molar-refractivity contribution in [1.82, 2.24) is 4.98 Å². The highest BCUT2D eigenvalue weighted by molar-refractivity contribution is 8.22. The van der Waals surface area contributed by atoms with E-state index < -0.39 is 0 Å². The fraction of sp³-hybridized carbons (Fsp3) is 0.364. The van der Waals surface area contributed by atoms with Crippen LogP contribution in [0.4, 0.5) is 0 Å². The summed E-state index contributed by atoms with van der Waals surface area (Å²) < 4.78 is 5.45. The molecule has 0 aromatic carbocycles. The minimum Gasteiger partial charge on any atom is -0.479 e. The first-order chi connectivity index (χ1) is 9.04. The Morgan fingerprint density at radius 1 is 1.47 bits per heavy atom. The predicted molar refractivity (Wildman–Crippen MR) is 85.5 cm³/mol. The van der Waals surface area contributed by atoms with Crippen LogP contribution in [0, 0.1) is 11.3 Å². The molecule has 8 heteroatoms. The molecule has 102 valence electrons. The highest BCUT2D eigenvalue weighted by atomic mass is 35.5. The van der Waals surface area contributed by atoms with E-state index >= 15 is 0 Å². The Labute approximate surface area is 136 Å². The molecule has 0 fully saturated rings. The standard InChI is InChI=1S/C11H10Cl2N2OS3/c1-3-16-11(17)19-8-6(5-14)7(12)10(18-4-2)15-9(8)13/h3-4H2,1-2H3. The minimum absolute atomic E-state index is 0.212. The normalized spacial score (nSPS) is 10.1. The van der Waals surface area contributed by atoms with Gasteiger partial charge in [-0.25, -0.2) is 4.98 Å². The molecule has 1 aromatic rings. The fourth-order valence-electron chi connectivity index (χ4n) is 1.15. The van der Waals surface area contributed by atoms with Crippen LogP contribution in [0.3, 0.4) is 0 Å². The Morgan fingerprint density at radius 3 is 2.68 bits per heavy atom. The zero-order valence-electron chi connectivity index (χ0n) is 10.2. The molecule has 19 heavy (non-hydrogen) atoms. The van der Waals surface area contributed by atoms with Gasteiger partial charge in [-0.2, -0.15) is 5.26 Å². The van der Waals surface area contributed by atoms with E-state index in [1.165, 1.54) is 11.8 Å². The van der Waals surface area contributed by atoms with Crippen molar-refractivity contribution in [2.45, 2.75) is 23.8 Å². The first-order valence-electron chi connectivity index (χ1n) is 5.31. The van der Waals surface area contributed by atoms with Gasteiger partial charge in [0.1, 0.15) is 16.2 Å². The third-order valence-electron chi connectivity index (χ3n) is 1.86. The van der Waals surface area contributed by atoms with Crippen LogP contribution in [0.25, 0.3) is 0 Å². The smallest absolute Gasteiger partial charge is 0.225 e. The summed E-state index contributed by atoms with van der Waals surface area (Å²) in [5.74, 6) is 0.789. The second kappa shape index (κ2) is 8.18. The SMILES string of the molecule is CCOC(=S)Sc1c(Cl)nc(SCC)c(Cl)c1C#N. The van der Waals surface area contributed by atoms with E-state index in [0.29, 0.717) is 21.6 Å². The molecule has 0 spiro atoms. The maximum Gasteiger partial charge on any atom is 0.225 e. The lowest BCUT2D eigenvalue weighted by Crippen LogP contribution is -1.99. The van der Waals surface area contributed by atoms with Crippen molar-refractivity contribution in [3.8, 4) is 6.07 Å². The van der Waals surface area contributed by atoms with Gasteiger partial charge in [0.05, 0.1) is 22.1 Å². The number of hydrogen-bond acceptors (Lipinski definition) is 6. The monoisotopic (exact) mass is 352 g/mol. The quantitative estimate of drug-likeness (QED) is 0.441. The fourth-order valence-corrected chi connectivity index (χ4v) is 3.65. The van der Waals surface area contributed by atoms with Gasteiger partial charge in [-0.1, -0.05) is 30.1 Å². The van der Waals surface area contributed by atoms with E-state index in [9.17, 15) is 5.26 Å². The number of aromatic nitrogens is 1. The molecule has 3 nitrogen and oxygen atoms in total. The van der Waals surface area contributed by atoms with Crippen LogP contribution in [-0.4, -0.2) is 21.7 Å². The van der Waals surface area contributed by atoms with Gasteiger partial charge in [-0.3, -0.25) is 0 Å². The van der Waals surface area contributed by atoms with E-state index in [4.69, 9.17) is 40.2 Å². The molecule has 0 aliphatic heterocycles. The molecule has 1 heterocycles. The van der Waals surface area contributed by atoms with E-state index in [1.54, 1.807) is 0 Å². The van der Waals surface area contributed by atoms with Gasteiger partial charge in [0.2, 0.25) is 4.38 Å². The summed E-state index contributed by atoms with van der Waals surface area (Å²) in [6, 6.07) is 2.05. The number of thiocarbonyl (C=S) groups is 1. The molecule has 0 N–H and O–H groups in total. The number of nitriles is 1. The lowest BCUT2D eigenvalue weighted by Gasteiger charge is -2.11. The molecule has 0 aliphatic carbocycles. The van der Waals surface area contributed by atoms with Crippen molar-refractivity contribution >= 4 is 63.3 Å². The van der Waals surface area contributed by atoms with Crippen molar-refractivity contribution in [1.29, 1.82) is 5.26 Å². The number of nitrogens with zero attached hydrogens (tertiary/aromatic N) is 2. The van der Waals surface area contributed by atoms with Gasteiger partial charge in [-0.15, -0.1) is 11.8 Å². The first-order valence-corrected chi connectivity index (χ1v) is 8.28. The molecule has 0 aliphatic rings. The van der Waals surface area contributed by atoms with Gasteiger partial charge in [0.25, 0.3) is 0 Å². The third kappa shape index (κ3) is 4.40. The van der Waals surface area contributed by atoms with E-state index in [1.807, 2.05) is 19.9 Å². The van der Waals surface area contributed by atoms with Crippen molar-refractivity contribution in [2.24, 2.45) is 0 Å². The van der Waals surface area contributed by atoms with Gasteiger partial charge in [0.15, 0.2) is 0 Å². The maximum absolute atomic E-state index is 9.23. The maximum atomic E-state index is 9.23. The molecule has 0 saturated heterocycles. The van der Waals surface area contributed by atoms with Gasteiger partial charge in [0, 0.05) is 0 Å². The van der Waals surface area contributed by atoms with Crippen LogP contribution in [0.15, 0.2) is 9.92 Å². The van der Waals surface area contributed by atoms with Crippen molar-refractivity contribution in [2.75, 3.05) is 12.4 Å². The summed E-state index contributed by atoms with van der Waals surface area (Å²) in [6.45, 7) is 4.25. The van der Waals surface area contributed by atoms with Crippen molar-refractivity contribution < 1.29 is 4.74 Å². The van der Waals surface area contributed by atoms with Crippen LogP contribution >= 0.6 is 58.9 Å². The molecule has 1 aromatic heterocycles. The topological polar surface area (TPSA) is 45.9 Å². The van der Waals surface area contributed by atoms with E-state index in [0.717, 1.165) is 17.5 Å². The summed E-state index contributed by atoms with van der Waals surface area (Å²) in [6.07, 6.45) is 0. The Hall–Kier alpha value is -0.190. The second-order valence-electron chi connectivity index (χ2n) is 3.06. The summed E-state index contributed by atoms with van der Waals surface area (Å²) in [5.41, 5.74) is 0.282. The third-order valence-corrected chi connectivity index (χ3v) is 4.84. The van der Waals surface area contributed by atoms with Crippen molar-refractivity contribution in [3.05, 3.63) is 15.7 Å². The van der Waals surface area contributed by atoms with E-state index in [2.05, 4.69) is 4.98 Å². The Balaban J connectivity index is 3.22. The van der Waals surface area contributed by atoms with Gasteiger partial charge in [-0.05, 0) is 36.7 Å². The largest absolute Gasteiger partial charge is 0.479 e. The Kier molecular flexibility index (Phi) is 7.26. The number of pyridine rings is 1. The van der Waals surface area contributed by atoms with Crippen LogP contribution < -0.4 is 0 Å². The number of hydrogen-bond donors (Lipinski definition) is 0. The van der Waals surface area contributed by atoms with Gasteiger partial charge < -0.3 is 4.74 Å². The number of thioether (sulfide) groups is 2. The molecule has 0 bridgehead atoms. The number of halogens is 2. The van der Waals surface area contributed by atoms with Crippen LogP contribution in [0.5, 0.6) is 0 Å². The lowest BCUT2D eigenvalue weighted by atomic mass is 10.3. The minimum atomic E-state index is 0.212. The average molecular weight is 353 g/mol.